The van der Waals surface area contributed by atoms with Gasteiger partial charge >= 0.3 is 0 Å². The van der Waals surface area contributed by atoms with Crippen molar-refractivity contribution in [2.75, 3.05) is 13.6 Å². The maximum Gasteiger partial charge on any atom is 0.165 e. The summed E-state index contributed by atoms with van der Waals surface area (Å²) >= 11 is 9.15. The molecule has 1 aromatic heterocycles. The van der Waals surface area contributed by atoms with Gasteiger partial charge < -0.3 is 0 Å². The number of rotatable bonds is 1. The summed E-state index contributed by atoms with van der Waals surface area (Å²) in [7, 11) is 2.11. The number of aromatic nitrogens is 2. The van der Waals surface area contributed by atoms with Crippen molar-refractivity contribution in [1.82, 2.24) is 15.1 Å². The van der Waals surface area contributed by atoms with Gasteiger partial charge in [-0.15, -0.1) is 5.10 Å². The Kier molecular flexibility index (Phi) is 3.04. The van der Waals surface area contributed by atoms with E-state index >= 15 is 0 Å². The second-order valence-electron chi connectivity index (χ2n) is 3.55. The van der Waals surface area contributed by atoms with E-state index in [1.165, 1.54) is 6.42 Å². The SMILES string of the molecule is CN1CCCC1c1cc(Br)c(Cl)nn1. The van der Waals surface area contributed by atoms with Crippen molar-refractivity contribution >= 4 is 27.5 Å². The minimum Gasteiger partial charge on any atom is -0.298 e. The van der Waals surface area contributed by atoms with E-state index in [1.807, 2.05) is 6.07 Å². The quantitative estimate of drug-likeness (QED) is 0.790. The molecular formula is C9H11BrClN3. The number of likely N-dealkylation sites (tertiary alicyclic amines) is 1. The maximum atomic E-state index is 5.79. The highest BCUT2D eigenvalue weighted by atomic mass is 79.9. The third-order valence-corrected chi connectivity index (χ3v) is 3.70. The summed E-state index contributed by atoms with van der Waals surface area (Å²) in [6.45, 7) is 1.13. The molecule has 0 bridgehead atoms. The van der Waals surface area contributed by atoms with Crippen LogP contribution in [0.2, 0.25) is 5.15 Å². The van der Waals surface area contributed by atoms with Crippen molar-refractivity contribution in [2.45, 2.75) is 18.9 Å². The van der Waals surface area contributed by atoms with Crippen molar-refractivity contribution in [3.63, 3.8) is 0 Å². The average molecular weight is 277 g/mol. The summed E-state index contributed by atoms with van der Waals surface area (Å²) in [5.74, 6) is 0. The highest BCUT2D eigenvalue weighted by molar-refractivity contribution is 9.10. The Labute approximate surface area is 96.6 Å². The highest BCUT2D eigenvalue weighted by Crippen LogP contribution is 2.31. The second kappa shape index (κ2) is 4.13. The highest BCUT2D eigenvalue weighted by Gasteiger charge is 2.24. The standard InChI is InChI=1S/C9H11BrClN3/c1-14-4-2-3-8(14)7-5-6(10)9(11)13-12-7/h5,8H,2-4H2,1H3. The van der Waals surface area contributed by atoms with Crippen LogP contribution in [0.3, 0.4) is 0 Å². The van der Waals surface area contributed by atoms with Crippen LogP contribution in [0.4, 0.5) is 0 Å². The zero-order valence-corrected chi connectivity index (χ0v) is 10.2. The zero-order valence-electron chi connectivity index (χ0n) is 7.87. The minimum atomic E-state index is 0.399. The molecule has 0 saturated carbocycles. The molecule has 76 valence electrons. The number of halogens is 2. The molecular weight excluding hydrogens is 265 g/mol. The van der Waals surface area contributed by atoms with Crippen LogP contribution in [0.25, 0.3) is 0 Å². The Morgan fingerprint density at radius 1 is 1.57 bits per heavy atom. The summed E-state index contributed by atoms with van der Waals surface area (Å²) in [6.07, 6.45) is 2.38. The van der Waals surface area contributed by atoms with Gasteiger partial charge in [-0.05, 0) is 48.4 Å². The number of nitrogens with zero attached hydrogens (tertiary/aromatic N) is 3. The van der Waals surface area contributed by atoms with Crippen molar-refractivity contribution in [2.24, 2.45) is 0 Å². The largest absolute Gasteiger partial charge is 0.298 e. The van der Waals surface area contributed by atoms with Crippen molar-refractivity contribution in [3.8, 4) is 0 Å². The molecule has 1 atom stereocenters. The molecule has 14 heavy (non-hydrogen) atoms. The lowest BCUT2D eigenvalue weighted by molar-refractivity contribution is 0.310. The monoisotopic (exact) mass is 275 g/mol. The van der Waals surface area contributed by atoms with Gasteiger partial charge in [-0.3, -0.25) is 4.90 Å². The maximum absolute atomic E-state index is 5.79. The number of hydrogen-bond donors (Lipinski definition) is 0. The Hall–Kier alpha value is -0.190. The molecule has 0 N–H and O–H groups in total. The van der Waals surface area contributed by atoms with Crippen molar-refractivity contribution in [1.29, 1.82) is 0 Å². The molecule has 1 fully saturated rings. The van der Waals surface area contributed by atoms with Crippen molar-refractivity contribution in [3.05, 3.63) is 21.4 Å². The fraction of sp³-hybridized carbons (Fsp3) is 0.556. The van der Waals surface area contributed by atoms with Crippen LogP contribution in [0, 0.1) is 0 Å². The minimum absolute atomic E-state index is 0.399. The molecule has 0 radical (unpaired) electrons. The molecule has 0 amide bonds. The summed E-state index contributed by atoms with van der Waals surface area (Å²) < 4.78 is 0.824. The van der Waals surface area contributed by atoms with Gasteiger partial charge in [0.1, 0.15) is 0 Å². The van der Waals surface area contributed by atoms with E-state index in [0.717, 1.165) is 23.1 Å². The molecule has 3 nitrogen and oxygen atoms in total. The van der Waals surface area contributed by atoms with E-state index in [0.29, 0.717) is 11.2 Å². The Balaban J connectivity index is 2.28. The summed E-state index contributed by atoms with van der Waals surface area (Å²) in [5, 5.41) is 8.44. The van der Waals surface area contributed by atoms with E-state index < -0.39 is 0 Å². The van der Waals surface area contributed by atoms with Crippen LogP contribution < -0.4 is 0 Å². The smallest absolute Gasteiger partial charge is 0.165 e. The third kappa shape index (κ3) is 1.92. The van der Waals surface area contributed by atoms with E-state index in [2.05, 4.69) is 38.1 Å². The molecule has 1 unspecified atom stereocenters. The van der Waals surface area contributed by atoms with E-state index in [4.69, 9.17) is 11.6 Å². The van der Waals surface area contributed by atoms with E-state index in [9.17, 15) is 0 Å². The van der Waals surface area contributed by atoms with Gasteiger partial charge in [-0.1, -0.05) is 11.6 Å². The van der Waals surface area contributed by atoms with Crippen LogP contribution in [-0.4, -0.2) is 28.7 Å². The predicted octanol–water partition coefficient (Wildman–Crippen LogP) is 2.66. The normalized spacial score (nSPS) is 22.9. The Bertz CT molecular complexity index is 345. The molecule has 0 spiro atoms. The molecule has 0 aromatic carbocycles. The lowest BCUT2D eigenvalue weighted by Gasteiger charge is -2.18. The van der Waals surface area contributed by atoms with Gasteiger partial charge in [0.15, 0.2) is 5.15 Å². The molecule has 1 aromatic rings. The molecule has 0 aliphatic carbocycles. The molecule has 2 rings (SSSR count). The fourth-order valence-electron chi connectivity index (χ4n) is 1.81. The van der Waals surface area contributed by atoms with Crippen LogP contribution in [0.1, 0.15) is 24.6 Å². The summed E-state index contributed by atoms with van der Waals surface area (Å²) in [6, 6.07) is 2.36. The summed E-state index contributed by atoms with van der Waals surface area (Å²) in [5.41, 5.74) is 1.00. The average Bonchev–Trinajstić information content (AvgIpc) is 2.57. The lowest BCUT2D eigenvalue weighted by Crippen LogP contribution is -2.18. The molecule has 1 aliphatic rings. The van der Waals surface area contributed by atoms with Gasteiger partial charge in [0.25, 0.3) is 0 Å². The van der Waals surface area contributed by atoms with Gasteiger partial charge in [-0.25, -0.2) is 0 Å². The van der Waals surface area contributed by atoms with E-state index in [1.54, 1.807) is 0 Å². The first-order valence-electron chi connectivity index (χ1n) is 4.57. The van der Waals surface area contributed by atoms with Crippen LogP contribution in [0.5, 0.6) is 0 Å². The first kappa shape index (κ1) is 10.3. The molecule has 2 heterocycles. The van der Waals surface area contributed by atoms with Crippen molar-refractivity contribution < 1.29 is 0 Å². The second-order valence-corrected chi connectivity index (χ2v) is 4.76. The fourth-order valence-corrected chi connectivity index (χ4v) is 2.22. The third-order valence-electron chi connectivity index (χ3n) is 2.59. The summed E-state index contributed by atoms with van der Waals surface area (Å²) in [4.78, 5) is 2.30. The van der Waals surface area contributed by atoms with Gasteiger partial charge in [-0.2, -0.15) is 5.10 Å². The number of hydrogen-bond acceptors (Lipinski definition) is 3. The first-order valence-corrected chi connectivity index (χ1v) is 5.74. The molecule has 5 heteroatoms. The topological polar surface area (TPSA) is 29.0 Å². The van der Waals surface area contributed by atoms with Gasteiger partial charge in [0.05, 0.1) is 16.2 Å². The van der Waals surface area contributed by atoms with Gasteiger partial charge in [0, 0.05) is 0 Å². The predicted molar refractivity (Wildman–Crippen MR) is 59.3 cm³/mol. The molecule has 1 saturated heterocycles. The van der Waals surface area contributed by atoms with Crippen LogP contribution in [0.15, 0.2) is 10.5 Å². The Morgan fingerprint density at radius 3 is 2.93 bits per heavy atom. The molecule has 1 aliphatic heterocycles. The first-order chi connectivity index (χ1) is 6.68. The van der Waals surface area contributed by atoms with Crippen LogP contribution in [-0.2, 0) is 0 Å². The van der Waals surface area contributed by atoms with E-state index in [-0.39, 0.29) is 0 Å². The van der Waals surface area contributed by atoms with Gasteiger partial charge in [0.2, 0.25) is 0 Å². The Morgan fingerprint density at radius 2 is 2.36 bits per heavy atom. The lowest BCUT2D eigenvalue weighted by atomic mass is 10.1. The van der Waals surface area contributed by atoms with Crippen LogP contribution >= 0.6 is 27.5 Å². The zero-order chi connectivity index (χ0) is 10.1.